The number of rotatable bonds is 6. The zero-order chi connectivity index (χ0) is 14.1. The second-order valence-corrected chi connectivity index (χ2v) is 6.95. The van der Waals surface area contributed by atoms with Crippen LogP contribution in [0.25, 0.3) is 0 Å². The normalized spacial score (nSPS) is 31.3. The van der Waals surface area contributed by atoms with Crippen molar-refractivity contribution in [1.29, 1.82) is 0 Å². The van der Waals surface area contributed by atoms with Crippen LogP contribution in [0.2, 0.25) is 0 Å². The van der Waals surface area contributed by atoms with Crippen LogP contribution in [0.5, 0.6) is 0 Å². The average molecular weight is 279 g/mol. The third-order valence-electron chi connectivity index (χ3n) is 5.03. The number of carbonyl (C=O) groups is 1. The molecule has 1 aliphatic heterocycles. The number of amides is 1. The monoisotopic (exact) mass is 279 g/mol. The zero-order valence-corrected chi connectivity index (χ0v) is 13.0. The van der Waals surface area contributed by atoms with Crippen LogP contribution in [0.15, 0.2) is 0 Å². The molecule has 2 saturated carbocycles. The molecule has 114 valence electrons. The number of piperidine rings is 1. The van der Waals surface area contributed by atoms with Crippen molar-refractivity contribution in [3.63, 3.8) is 0 Å². The molecule has 1 saturated heterocycles. The van der Waals surface area contributed by atoms with Crippen LogP contribution < -0.4 is 5.32 Å². The molecule has 1 amide bonds. The molecule has 3 rings (SSSR count). The van der Waals surface area contributed by atoms with Gasteiger partial charge in [-0.25, -0.2) is 0 Å². The van der Waals surface area contributed by atoms with Gasteiger partial charge in [0.25, 0.3) is 0 Å². The number of nitrogens with one attached hydrogen (secondary N) is 1. The summed E-state index contributed by atoms with van der Waals surface area (Å²) in [6.07, 6.45) is 6.93. The third kappa shape index (κ3) is 3.34. The molecule has 2 aliphatic carbocycles. The van der Waals surface area contributed by atoms with Crippen LogP contribution in [-0.4, -0.2) is 60.5 Å². The Labute approximate surface area is 122 Å². The topological polar surface area (TPSA) is 35.6 Å². The minimum absolute atomic E-state index is 0.374. The summed E-state index contributed by atoms with van der Waals surface area (Å²) in [6, 6.07) is 1.79. The fraction of sp³-hybridized carbons (Fsp3) is 0.938. The van der Waals surface area contributed by atoms with Gasteiger partial charge in [-0.05, 0) is 45.7 Å². The summed E-state index contributed by atoms with van der Waals surface area (Å²) < 4.78 is 0. The average Bonchev–Trinajstić information content (AvgIpc) is 3.32. The molecule has 0 aromatic carbocycles. The third-order valence-corrected chi connectivity index (χ3v) is 5.03. The van der Waals surface area contributed by atoms with Crippen molar-refractivity contribution in [2.75, 3.05) is 26.7 Å². The van der Waals surface area contributed by atoms with E-state index in [0.29, 0.717) is 30.3 Å². The molecule has 2 unspecified atom stereocenters. The van der Waals surface area contributed by atoms with E-state index in [1.165, 1.54) is 25.7 Å². The van der Waals surface area contributed by atoms with E-state index in [1.54, 1.807) is 0 Å². The Bertz CT molecular complexity index is 352. The summed E-state index contributed by atoms with van der Waals surface area (Å²) in [6.45, 7) is 5.35. The Morgan fingerprint density at radius 1 is 1.25 bits per heavy atom. The van der Waals surface area contributed by atoms with Gasteiger partial charge in [0, 0.05) is 43.6 Å². The summed E-state index contributed by atoms with van der Waals surface area (Å²) in [5.74, 6) is 0.976. The first-order chi connectivity index (χ1) is 9.69. The van der Waals surface area contributed by atoms with Crippen LogP contribution in [0.4, 0.5) is 0 Å². The molecule has 3 aliphatic rings. The lowest BCUT2D eigenvalue weighted by atomic mass is 9.90. The van der Waals surface area contributed by atoms with Gasteiger partial charge in [-0.3, -0.25) is 4.79 Å². The summed E-state index contributed by atoms with van der Waals surface area (Å²) in [4.78, 5) is 17.1. The Hall–Kier alpha value is -0.610. The molecule has 20 heavy (non-hydrogen) atoms. The molecular formula is C16H29N3O. The predicted octanol–water partition coefficient (Wildman–Crippen LogP) is 1.46. The summed E-state index contributed by atoms with van der Waals surface area (Å²) >= 11 is 0. The smallest absolute Gasteiger partial charge is 0.222 e. The van der Waals surface area contributed by atoms with Gasteiger partial charge in [-0.15, -0.1) is 0 Å². The van der Waals surface area contributed by atoms with Gasteiger partial charge >= 0.3 is 0 Å². The Balaban J connectivity index is 1.66. The second kappa shape index (κ2) is 6.02. The van der Waals surface area contributed by atoms with E-state index in [4.69, 9.17) is 0 Å². The van der Waals surface area contributed by atoms with Crippen LogP contribution in [0, 0.1) is 5.92 Å². The van der Waals surface area contributed by atoms with Crippen molar-refractivity contribution >= 4 is 5.91 Å². The molecule has 0 bridgehead atoms. The van der Waals surface area contributed by atoms with Crippen molar-refractivity contribution in [3.8, 4) is 0 Å². The fourth-order valence-corrected chi connectivity index (χ4v) is 3.57. The number of carbonyl (C=O) groups excluding carboxylic acids is 1. The van der Waals surface area contributed by atoms with Gasteiger partial charge in [0.1, 0.15) is 0 Å². The number of hydrogen-bond donors (Lipinski definition) is 1. The van der Waals surface area contributed by atoms with Crippen molar-refractivity contribution in [3.05, 3.63) is 0 Å². The highest BCUT2D eigenvalue weighted by molar-refractivity contribution is 5.77. The minimum atomic E-state index is 0.374. The molecule has 3 fully saturated rings. The van der Waals surface area contributed by atoms with Crippen molar-refractivity contribution < 1.29 is 4.79 Å². The van der Waals surface area contributed by atoms with Gasteiger partial charge in [0.15, 0.2) is 0 Å². The van der Waals surface area contributed by atoms with Crippen LogP contribution in [0.3, 0.4) is 0 Å². The number of likely N-dealkylation sites (tertiary alicyclic amines) is 1. The van der Waals surface area contributed by atoms with Gasteiger partial charge in [0.2, 0.25) is 5.91 Å². The lowest BCUT2D eigenvalue weighted by molar-refractivity contribution is -0.136. The highest BCUT2D eigenvalue weighted by Gasteiger charge is 2.41. The molecule has 2 atom stereocenters. The molecule has 0 radical (unpaired) electrons. The van der Waals surface area contributed by atoms with E-state index in [2.05, 4.69) is 22.2 Å². The minimum Gasteiger partial charge on any atom is -0.336 e. The zero-order valence-electron chi connectivity index (χ0n) is 13.0. The van der Waals surface area contributed by atoms with Gasteiger partial charge < -0.3 is 15.1 Å². The standard InChI is InChI=1S/C16H29N3O/c1-3-16(20)19(14-6-7-14)15-8-9-18(2)11-12(15)10-17-13-4-5-13/h12-15,17H,3-11H2,1-2H3. The maximum Gasteiger partial charge on any atom is 0.222 e. The molecular weight excluding hydrogens is 250 g/mol. The van der Waals surface area contributed by atoms with Crippen molar-refractivity contribution in [2.45, 2.75) is 63.6 Å². The van der Waals surface area contributed by atoms with Crippen LogP contribution in [0.1, 0.15) is 45.4 Å². The van der Waals surface area contributed by atoms with Gasteiger partial charge in [0.05, 0.1) is 0 Å². The maximum atomic E-state index is 12.4. The number of hydrogen-bond acceptors (Lipinski definition) is 3. The van der Waals surface area contributed by atoms with E-state index in [-0.39, 0.29) is 0 Å². The van der Waals surface area contributed by atoms with E-state index in [0.717, 1.165) is 32.1 Å². The number of nitrogens with zero attached hydrogens (tertiary/aromatic N) is 2. The fourth-order valence-electron chi connectivity index (χ4n) is 3.57. The second-order valence-electron chi connectivity index (χ2n) is 6.95. The first-order valence-electron chi connectivity index (χ1n) is 8.42. The molecule has 1 N–H and O–H groups in total. The van der Waals surface area contributed by atoms with Crippen LogP contribution in [-0.2, 0) is 4.79 Å². The summed E-state index contributed by atoms with van der Waals surface area (Å²) in [7, 11) is 2.21. The predicted molar refractivity (Wildman–Crippen MR) is 80.6 cm³/mol. The summed E-state index contributed by atoms with van der Waals surface area (Å²) in [5.41, 5.74) is 0. The van der Waals surface area contributed by atoms with Gasteiger partial charge in [-0.2, -0.15) is 0 Å². The van der Waals surface area contributed by atoms with Crippen molar-refractivity contribution in [2.24, 2.45) is 5.92 Å². The SMILES string of the molecule is CCC(=O)N(C1CC1)C1CCN(C)CC1CNC1CC1. The summed E-state index contributed by atoms with van der Waals surface area (Å²) in [5, 5.41) is 3.68. The highest BCUT2D eigenvalue weighted by atomic mass is 16.2. The largest absolute Gasteiger partial charge is 0.336 e. The highest BCUT2D eigenvalue weighted by Crippen LogP contribution is 2.34. The van der Waals surface area contributed by atoms with E-state index in [9.17, 15) is 4.79 Å². The van der Waals surface area contributed by atoms with Crippen molar-refractivity contribution in [1.82, 2.24) is 15.1 Å². The lowest BCUT2D eigenvalue weighted by Crippen LogP contribution is -2.55. The van der Waals surface area contributed by atoms with Gasteiger partial charge in [-0.1, -0.05) is 6.92 Å². The Morgan fingerprint density at radius 2 is 2.00 bits per heavy atom. The lowest BCUT2D eigenvalue weighted by Gasteiger charge is -2.43. The first-order valence-corrected chi connectivity index (χ1v) is 8.42. The first kappa shape index (κ1) is 14.3. The maximum absolute atomic E-state index is 12.4. The molecule has 0 aromatic rings. The molecule has 4 heteroatoms. The molecule has 0 aromatic heterocycles. The molecule has 1 heterocycles. The molecule has 4 nitrogen and oxygen atoms in total. The molecule has 0 spiro atoms. The quantitative estimate of drug-likeness (QED) is 0.799. The van der Waals surface area contributed by atoms with E-state index >= 15 is 0 Å². The Morgan fingerprint density at radius 3 is 2.60 bits per heavy atom. The van der Waals surface area contributed by atoms with Crippen LogP contribution >= 0.6 is 0 Å². The van der Waals surface area contributed by atoms with E-state index < -0.39 is 0 Å². The van der Waals surface area contributed by atoms with E-state index in [1.807, 2.05) is 6.92 Å². The Kier molecular flexibility index (Phi) is 4.32.